The Balaban J connectivity index is 2.23. The van der Waals surface area contributed by atoms with E-state index in [1.54, 1.807) is 44.4 Å². The van der Waals surface area contributed by atoms with Gasteiger partial charge < -0.3 is 9.47 Å². The Hall–Kier alpha value is -1.76. The fourth-order valence-electron chi connectivity index (χ4n) is 2.01. The lowest BCUT2D eigenvalue weighted by Gasteiger charge is -2.12. The summed E-state index contributed by atoms with van der Waals surface area (Å²) in [5, 5.41) is 0.371. The van der Waals surface area contributed by atoms with Gasteiger partial charge in [-0.3, -0.25) is 0 Å². The standard InChI is InChI=1S/C16H18ClNO4S/c1-11-8-15(22-3)16(9-14(11)17)23(19,20)18-10-12-4-6-13(21-2)7-5-12/h4-9,18H,10H2,1-3H3. The molecule has 2 aromatic carbocycles. The Kier molecular flexibility index (Phi) is 5.51. The van der Waals surface area contributed by atoms with Gasteiger partial charge in [-0.2, -0.15) is 0 Å². The molecule has 124 valence electrons. The van der Waals surface area contributed by atoms with Crippen molar-refractivity contribution in [2.24, 2.45) is 0 Å². The molecule has 0 radical (unpaired) electrons. The van der Waals surface area contributed by atoms with E-state index in [4.69, 9.17) is 21.1 Å². The molecule has 23 heavy (non-hydrogen) atoms. The normalized spacial score (nSPS) is 11.3. The minimum absolute atomic E-state index is 0.0177. The summed E-state index contributed by atoms with van der Waals surface area (Å²) < 4.78 is 37.8. The van der Waals surface area contributed by atoms with Crippen molar-refractivity contribution in [1.82, 2.24) is 4.72 Å². The van der Waals surface area contributed by atoms with Crippen LogP contribution in [0.25, 0.3) is 0 Å². The Morgan fingerprint density at radius 1 is 1.09 bits per heavy atom. The van der Waals surface area contributed by atoms with Gasteiger partial charge in [-0.1, -0.05) is 23.7 Å². The van der Waals surface area contributed by atoms with Crippen LogP contribution in [0, 0.1) is 6.92 Å². The summed E-state index contributed by atoms with van der Waals surface area (Å²) in [5.41, 5.74) is 1.56. The van der Waals surface area contributed by atoms with Crippen molar-refractivity contribution < 1.29 is 17.9 Å². The number of ether oxygens (including phenoxy) is 2. The molecule has 0 fully saturated rings. The molecule has 0 aliphatic rings. The van der Waals surface area contributed by atoms with Gasteiger partial charge in [0.1, 0.15) is 16.4 Å². The largest absolute Gasteiger partial charge is 0.497 e. The SMILES string of the molecule is COc1ccc(CNS(=O)(=O)c2cc(Cl)c(C)cc2OC)cc1. The van der Waals surface area contributed by atoms with E-state index in [0.717, 1.165) is 11.1 Å². The Morgan fingerprint density at radius 3 is 2.30 bits per heavy atom. The summed E-state index contributed by atoms with van der Waals surface area (Å²) >= 11 is 6.04. The molecule has 0 amide bonds. The average molecular weight is 356 g/mol. The molecule has 0 unspecified atom stereocenters. The summed E-state index contributed by atoms with van der Waals surface area (Å²) in [6, 6.07) is 10.1. The first kappa shape index (κ1) is 17.6. The summed E-state index contributed by atoms with van der Waals surface area (Å²) in [6.07, 6.45) is 0. The Bertz CT molecular complexity index is 788. The molecule has 7 heteroatoms. The van der Waals surface area contributed by atoms with E-state index in [1.807, 2.05) is 0 Å². The highest BCUT2D eigenvalue weighted by molar-refractivity contribution is 7.89. The number of hydrogen-bond donors (Lipinski definition) is 1. The second kappa shape index (κ2) is 7.21. The molecule has 0 saturated heterocycles. The monoisotopic (exact) mass is 355 g/mol. The van der Waals surface area contributed by atoms with Gasteiger partial charge in [0.2, 0.25) is 10.0 Å². The van der Waals surface area contributed by atoms with Gasteiger partial charge in [-0.15, -0.1) is 0 Å². The molecule has 0 aliphatic heterocycles. The second-order valence-corrected chi connectivity index (χ2v) is 7.07. The molecule has 0 atom stereocenters. The molecule has 0 aliphatic carbocycles. The zero-order valence-electron chi connectivity index (χ0n) is 13.1. The Morgan fingerprint density at radius 2 is 1.74 bits per heavy atom. The molecular formula is C16H18ClNO4S. The van der Waals surface area contributed by atoms with E-state index in [2.05, 4.69) is 4.72 Å². The number of aryl methyl sites for hydroxylation is 1. The van der Waals surface area contributed by atoms with Crippen molar-refractivity contribution in [3.63, 3.8) is 0 Å². The van der Waals surface area contributed by atoms with E-state index in [-0.39, 0.29) is 17.2 Å². The highest BCUT2D eigenvalue weighted by atomic mass is 35.5. The van der Waals surface area contributed by atoms with Crippen LogP contribution in [-0.4, -0.2) is 22.6 Å². The molecule has 0 spiro atoms. The molecule has 1 N–H and O–H groups in total. The van der Waals surface area contributed by atoms with Crippen molar-refractivity contribution in [2.75, 3.05) is 14.2 Å². The zero-order chi connectivity index (χ0) is 17.0. The van der Waals surface area contributed by atoms with Crippen molar-refractivity contribution in [3.05, 3.63) is 52.5 Å². The topological polar surface area (TPSA) is 64.6 Å². The van der Waals surface area contributed by atoms with E-state index >= 15 is 0 Å². The zero-order valence-corrected chi connectivity index (χ0v) is 14.7. The van der Waals surface area contributed by atoms with Gasteiger partial charge in [0, 0.05) is 11.6 Å². The molecular weight excluding hydrogens is 338 g/mol. The first-order chi connectivity index (χ1) is 10.9. The van der Waals surface area contributed by atoms with Crippen molar-refractivity contribution in [2.45, 2.75) is 18.4 Å². The minimum Gasteiger partial charge on any atom is -0.497 e. The Labute approximate surface area is 141 Å². The molecule has 0 aromatic heterocycles. The summed E-state index contributed by atoms with van der Waals surface area (Å²) in [4.78, 5) is 0.0177. The molecule has 2 rings (SSSR count). The lowest BCUT2D eigenvalue weighted by molar-refractivity contribution is 0.402. The highest BCUT2D eigenvalue weighted by Crippen LogP contribution is 2.30. The van der Waals surface area contributed by atoms with E-state index in [9.17, 15) is 8.42 Å². The van der Waals surface area contributed by atoms with Gasteiger partial charge in [-0.05, 0) is 42.3 Å². The fraction of sp³-hybridized carbons (Fsp3) is 0.250. The smallest absolute Gasteiger partial charge is 0.244 e. The third kappa shape index (κ3) is 4.16. The summed E-state index contributed by atoms with van der Waals surface area (Å²) in [7, 11) is -0.751. The predicted molar refractivity (Wildman–Crippen MR) is 89.8 cm³/mol. The van der Waals surface area contributed by atoms with Gasteiger partial charge >= 0.3 is 0 Å². The minimum atomic E-state index is -3.75. The van der Waals surface area contributed by atoms with Crippen LogP contribution < -0.4 is 14.2 Å². The number of halogens is 1. The van der Waals surface area contributed by atoms with Crippen LogP contribution >= 0.6 is 11.6 Å². The van der Waals surface area contributed by atoms with Crippen LogP contribution in [0.4, 0.5) is 0 Å². The maximum Gasteiger partial charge on any atom is 0.244 e. The van der Waals surface area contributed by atoms with Crippen LogP contribution in [0.1, 0.15) is 11.1 Å². The van der Waals surface area contributed by atoms with Crippen LogP contribution in [0.15, 0.2) is 41.3 Å². The first-order valence-electron chi connectivity index (χ1n) is 6.84. The second-order valence-electron chi connectivity index (χ2n) is 4.92. The molecule has 0 heterocycles. The van der Waals surface area contributed by atoms with Gasteiger partial charge in [0.15, 0.2) is 0 Å². The number of benzene rings is 2. The maximum atomic E-state index is 12.5. The van der Waals surface area contributed by atoms with Crippen molar-refractivity contribution >= 4 is 21.6 Å². The number of methoxy groups -OCH3 is 2. The van der Waals surface area contributed by atoms with Gasteiger partial charge in [-0.25, -0.2) is 13.1 Å². The summed E-state index contributed by atoms with van der Waals surface area (Å²) in [5.74, 6) is 0.970. The molecule has 0 bridgehead atoms. The van der Waals surface area contributed by atoms with E-state index < -0.39 is 10.0 Å². The number of hydrogen-bond acceptors (Lipinski definition) is 4. The molecule has 5 nitrogen and oxygen atoms in total. The van der Waals surface area contributed by atoms with Crippen molar-refractivity contribution in [3.8, 4) is 11.5 Å². The highest BCUT2D eigenvalue weighted by Gasteiger charge is 2.20. The molecule has 2 aromatic rings. The first-order valence-corrected chi connectivity index (χ1v) is 8.70. The third-order valence-corrected chi connectivity index (χ3v) is 5.19. The van der Waals surface area contributed by atoms with Crippen LogP contribution in [0.3, 0.4) is 0 Å². The number of sulfonamides is 1. The van der Waals surface area contributed by atoms with E-state index in [1.165, 1.54) is 13.2 Å². The van der Waals surface area contributed by atoms with Crippen LogP contribution in [-0.2, 0) is 16.6 Å². The number of rotatable bonds is 6. The quantitative estimate of drug-likeness (QED) is 0.864. The fourth-order valence-corrected chi connectivity index (χ4v) is 3.43. The molecule has 0 saturated carbocycles. The number of nitrogens with one attached hydrogen (secondary N) is 1. The third-order valence-electron chi connectivity index (χ3n) is 3.36. The van der Waals surface area contributed by atoms with Crippen LogP contribution in [0.2, 0.25) is 5.02 Å². The van der Waals surface area contributed by atoms with Gasteiger partial charge in [0.05, 0.1) is 14.2 Å². The maximum absolute atomic E-state index is 12.5. The lowest BCUT2D eigenvalue weighted by Crippen LogP contribution is -2.23. The van der Waals surface area contributed by atoms with E-state index in [0.29, 0.717) is 10.8 Å². The average Bonchev–Trinajstić information content (AvgIpc) is 2.55. The lowest BCUT2D eigenvalue weighted by atomic mass is 10.2. The summed E-state index contributed by atoms with van der Waals surface area (Å²) in [6.45, 7) is 1.94. The predicted octanol–water partition coefficient (Wildman–Crippen LogP) is 3.14. The van der Waals surface area contributed by atoms with Gasteiger partial charge in [0.25, 0.3) is 0 Å². The van der Waals surface area contributed by atoms with Crippen LogP contribution in [0.5, 0.6) is 11.5 Å². The van der Waals surface area contributed by atoms with Crippen molar-refractivity contribution in [1.29, 1.82) is 0 Å².